The zero-order chi connectivity index (χ0) is 11.8. The lowest BCUT2D eigenvalue weighted by molar-refractivity contribution is -0.0502. The zero-order valence-electron chi connectivity index (χ0n) is 9.33. The number of rotatable bonds is 2. The topological polar surface area (TPSA) is 62.7 Å². The van der Waals surface area contributed by atoms with Gasteiger partial charge in [-0.1, -0.05) is 0 Å². The number of hydrogen-bond donors (Lipinski definition) is 1. The summed E-state index contributed by atoms with van der Waals surface area (Å²) >= 11 is 1.22. The summed E-state index contributed by atoms with van der Waals surface area (Å²) in [6, 6.07) is 0.560. The van der Waals surface area contributed by atoms with E-state index in [9.17, 15) is 4.79 Å². The summed E-state index contributed by atoms with van der Waals surface area (Å²) in [4.78, 5) is 17.7. The minimum Gasteiger partial charge on any atom is -0.477 e. The molecule has 0 saturated carbocycles. The van der Waals surface area contributed by atoms with Gasteiger partial charge in [0, 0.05) is 12.6 Å². The minimum atomic E-state index is -0.913. The number of hydrogen-bond acceptors (Lipinski definition) is 5. The van der Waals surface area contributed by atoms with Crippen molar-refractivity contribution < 1.29 is 14.6 Å². The molecule has 1 N–H and O–H groups in total. The molecule has 1 aromatic heterocycles. The lowest BCUT2D eigenvalue weighted by Crippen LogP contribution is -2.42. The summed E-state index contributed by atoms with van der Waals surface area (Å²) in [6.45, 7) is 2.71. The Morgan fingerprint density at radius 3 is 3.29 bits per heavy atom. The van der Waals surface area contributed by atoms with E-state index in [2.05, 4.69) is 9.88 Å². The van der Waals surface area contributed by atoms with E-state index in [-0.39, 0.29) is 11.0 Å². The number of carboxylic acid groups (broad SMARTS) is 1. The van der Waals surface area contributed by atoms with Gasteiger partial charge in [0.25, 0.3) is 0 Å². The molecular formula is C11H14N2O3S. The largest absolute Gasteiger partial charge is 0.477 e. The Balaban J connectivity index is 1.73. The normalized spacial score (nSPS) is 29.2. The summed E-state index contributed by atoms with van der Waals surface area (Å²) in [5, 5.41) is 9.65. The standard InChI is InChI=1S/C11H14N2O3S/c14-11(15)9-4-12-10(17-9)8-5-13-3-1-2-7(13)6-16-8/h4,7-8H,1-3,5-6H2,(H,14,15). The summed E-state index contributed by atoms with van der Waals surface area (Å²) in [7, 11) is 0. The molecule has 0 bridgehead atoms. The van der Waals surface area contributed by atoms with Crippen LogP contribution in [0.3, 0.4) is 0 Å². The summed E-state index contributed by atoms with van der Waals surface area (Å²) in [5.41, 5.74) is 0. The first-order chi connectivity index (χ1) is 8.24. The smallest absolute Gasteiger partial charge is 0.347 e. The first-order valence-electron chi connectivity index (χ1n) is 5.78. The predicted octanol–water partition coefficient (Wildman–Crippen LogP) is 1.38. The van der Waals surface area contributed by atoms with Gasteiger partial charge in [0.15, 0.2) is 0 Å². The minimum absolute atomic E-state index is 0.0533. The number of aromatic nitrogens is 1. The molecule has 2 aliphatic heterocycles. The van der Waals surface area contributed by atoms with Crippen molar-refractivity contribution in [3.8, 4) is 0 Å². The van der Waals surface area contributed by atoms with Crippen LogP contribution in [0.25, 0.3) is 0 Å². The molecule has 3 rings (SSSR count). The van der Waals surface area contributed by atoms with E-state index in [1.54, 1.807) is 0 Å². The SMILES string of the molecule is O=C(O)c1cnc(C2CN3CCCC3CO2)s1. The van der Waals surface area contributed by atoms with Crippen molar-refractivity contribution in [2.45, 2.75) is 25.0 Å². The Morgan fingerprint density at radius 2 is 2.53 bits per heavy atom. The van der Waals surface area contributed by atoms with E-state index in [0.29, 0.717) is 6.04 Å². The highest BCUT2D eigenvalue weighted by Gasteiger charge is 2.34. The van der Waals surface area contributed by atoms with Crippen molar-refractivity contribution >= 4 is 17.3 Å². The third kappa shape index (κ3) is 2.08. The van der Waals surface area contributed by atoms with E-state index in [1.807, 2.05) is 0 Å². The fraction of sp³-hybridized carbons (Fsp3) is 0.636. The number of aromatic carboxylic acids is 1. The van der Waals surface area contributed by atoms with Crippen LogP contribution >= 0.6 is 11.3 Å². The van der Waals surface area contributed by atoms with Gasteiger partial charge in [-0.05, 0) is 19.4 Å². The highest BCUT2D eigenvalue weighted by atomic mass is 32.1. The van der Waals surface area contributed by atoms with Crippen LogP contribution in [-0.4, -0.2) is 46.7 Å². The molecule has 3 heterocycles. The fourth-order valence-electron chi connectivity index (χ4n) is 2.50. The van der Waals surface area contributed by atoms with Crippen LogP contribution in [0.2, 0.25) is 0 Å². The third-order valence-electron chi connectivity index (χ3n) is 3.40. The van der Waals surface area contributed by atoms with Gasteiger partial charge in [-0.3, -0.25) is 4.90 Å². The quantitative estimate of drug-likeness (QED) is 0.863. The molecule has 0 radical (unpaired) electrons. The Labute approximate surface area is 103 Å². The molecule has 2 aliphatic rings. The maximum absolute atomic E-state index is 10.8. The van der Waals surface area contributed by atoms with Crippen molar-refractivity contribution in [2.75, 3.05) is 19.7 Å². The average molecular weight is 254 g/mol. The summed E-state index contributed by atoms with van der Waals surface area (Å²) < 4.78 is 5.78. The molecule has 2 atom stereocenters. The molecule has 0 amide bonds. The number of ether oxygens (including phenoxy) is 1. The van der Waals surface area contributed by atoms with Crippen LogP contribution in [0.4, 0.5) is 0 Å². The molecule has 6 heteroatoms. The van der Waals surface area contributed by atoms with Gasteiger partial charge in [-0.15, -0.1) is 11.3 Å². The first kappa shape index (κ1) is 11.1. The average Bonchev–Trinajstić information content (AvgIpc) is 2.97. The van der Waals surface area contributed by atoms with Crippen LogP contribution in [-0.2, 0) is 4.74 Å². The molecule has 5 nitrogen and oxygen atoms in total. The maximum Gasteiger partial charge on any atom is 0.347 e. The summed E-state index contributed by atoms with van der Waals surface area (Å²) in [5.74, 6) is -0.913. The van der Waals surface area contributed by atoms with Gasteiger partial charge in [0.05, 0.1) is 12.8 Å². The number of carboxylic acids is 1. The highest BCUT2D eigenvalue weighted by molar-refractivity contribution is 7.13. The van der Waals surface area contributed by atoms with Gasteiger partial charge in [0.2, 0.25) is 0 Å². The molecule has 2 unspecified atom stereocenters. The van der Waals surface area contributed by atoms with Crippen molar-refractivity contribution in [3.63, 3.8) is 0 Å². The van der Waals surface area contributed by atoms with E-state index < -0.39 is 5.97 Å². The van der Waals surface area contributed by atoms with Gasteiger partial charge in [-0.25, -0.2) is 9.78 Å². The fourth-order valence-corrected chi connectivity index (χ4v) is 3.30. The monoisotopic (exact) mass is 254 g/mol. The van der Waals surface area contributed by atoms with Crippen LogP contribution < -0.4 is 0 Å². The molecular weight excluding hydrogens is 240 g/mol. The van der Waals surface area contributed by atoms with Crippen LogP contribution in [0.5, 0.6) is 0 Å². The molecule has 2 saturated heterocycles. The second-order valence-corrected chi connectivity index (χ2v) is 5.54. The van der Waals surface area contributed by atoms with E-state index in [1.165, 1.54) is 30.4 Å². The molecule has 0 aliphatic carbocycles. The van der Waals surface area contributed by atoms with Crippen molar-refractivity contribution in [1.82, 2.24) is 9.88 Å². The van der Waals surface area contributed by atoms with Crippen LogP contribution in [0.1, 0.15) is 33.6 Å². The third-order valence-corrected chi connectivity index (χ3v) is 4.48. The van der Waals surface area contributed by atoms with Gasteiger partial charge < -0.3 is 9.84 Å². The number of thiazole rings is 1. The van der Waals surface area contributed by atoms with Crippen molar-refractivity contribution in [3.05, 3.63) is 16.1 Å². The molecule has 2 fully saturated rings. The molecule has 0 aromatic carbocycles. The zero-order valence-corrected chi connectivity index (χ0v) is 10.2. The van der Waals surface area contributed by atoms with E-state index >= 15 is 0 Å². The van der Waals surface area contributed by atoms with Gasteiger partial charge >= 0.3 is 5.97 Å². The lowest BCUT2D eigenvalue weighted by Gasteiger charge is -2.34. The van der Waals surface area contributed by atoms with Crippen molar-refractivity contribution in [2.24, 2.45) is 0 Å². The first-order valence-corrected chi connectivity index (χ1v) is 6.60. The van der Waals surface area contributed by atoms with Crippen molar-refractivity contribution in [1.29, 1.82) is 0 Å². The Hall–Kier alpha value is -0.980. The Kier molecular flexibility index (Phi) is 2.85. The summed E-state index contributed by atoms with van der Waals surface area (Å²) in [6.07, 6.45) is 3.81. The molecule has 17 heavy (non-hydrogen) atoms. The van der Waals surface area contributed by atoms with Gasteiger partial charge in [0.1, 0.15) is 16.0 Å². The maximum atomic E-state index is 10.8. The Morgan fingerprint density at radius 1 is 1.65 bits per heavy atom. The molecule has 0 spiro atoms. The number of carbonyl (C=O) groups is 1. The second kappa shape index (κ2) is 4.36. The number of nitrogens with zero attached hydrogens (tertiary/aromatic N) is 2. The molecule has 1 aromatic rings. The lowest BCUT2D eigenvalue weighted by atomic mass is 10.2. The van der Waals surface area contributed by atoms with Gasteiger partial charge in [-0.2, -0.15) is 0 Å². The number of fused-ring (bicyclic) bond motifs is 1. The predicted molar refractivity (Wildman–Crippen MR) is 62.4 cm³/mol. The molecule has 92 valence electrons. The highest BCUT2D eigenvalue weighted by Crippen LogP contribution is 2.31. The Bertz CT molecular complexity index is 434. The van der Waals surface area contributed by atoms with Crippen LogP contribution in [0, 0.1) is 0 Å². The van der Waals surface area contributed by atoms with E-state index in [4.69, 9.17) is 9.84 Å². The second-order valence-electron chi connectivity index (χ2n) is 4.48. The van der Waals surface area contributed by atoms with E-state index in [0.717, 1.165) is 24.7 Å². The number of morpholine rings is 1. The van der Waals surface area contributed by atoms with Crippen LogP contribution in [0.15, 0.2) is 6.20 Å².